The molecule has 1 aromatic rings. The van der Waals surface area contributed by atoms with Gasteiger partial charge < -0.3 is 19.7 Å². The third-order valence-electron chi connectivity index (χ3n) is 1.73. The number of aliphatic hydroxyl groups excluding tert-OH is 1. The molecule has 1 aromatic heterocycles. The van der Waals surface area contributed by atoms with Crippen LogP contribution in [-0.4, -0.2) is 35.9 Å². The summed E-state index contributed by atoms with van der Waals surface area (Å²) in [7, 11) is 1.52. The molecule has 0 saturated heterocycles. The second kappa shape index (κ2) is 5.47. The Kier molecular flexibility index (Phi) is 4.26. The first-order chi connectivity index (χ1) is 7.17. The normalized spacial score (nSPS) is 12.5. The summed E-state index contributed by atoms with van der Waals surface area (Å²) >= 11 is 0. The number of nitrogens with zero attached hydrogens (tertiary/aromatic N) is 1. The third-order valence-corrected chi connectivity index (χ3v) is 1.73. The molecule has 0 saturated carbocycles. The van der Waals surface area contributed by atoms with Gasteiger partial charge in [0.1, 0.15) is 6.61 Å². The number of carbonyl (C=O) groups excluding carboxylic acids is 1. The van der Waals surface area contributed by atoms with Gasteiger partial charge in [0.15, 0.2) is 11.5 Å². The second-order valence-corrected chi connectivity index (χ2v) is 3.17. The summed E-state index contributed by atoms with van der Waals surface area (Å²) in [6.07, 6.45) is 0. The number of aromatic nitrogens is 1. The lowest BCUT2D eigenvalue weighted by molar-refractivity contribution is 0.0912. The van der Waals surface area contributed by atoms with Gasteiger partial charge in [-0.15, -0.1) is 0 Å². The van der Waals surface area contributed by atoms with E-state index >= 15 is 0 Å². The van der Waals surface area contributed by atoms with Crippen molar-refractivity contribution in [3.63, 3.8) is 0 Å². The molecule has 0 aliphatic heterocycles. The Morgan fingerprint density at radius 1 is 1.80 bits per heavy atom. The molecule has 0 fully saturated rings. The molecular formula is C9H14N2O4. The van der Waals surface area contributed by atoms with Gasteiger partial charge in [0.25, 0.3) is 5.91 Å². The van der Waals surface area contributed by atoms with Gasteiger partial charge in [-0.1, -0.05) is 5.16 Å². The molecule has 0 aliphatic carbocycles. The van der Waals surface area contributed by atoms with Gasteiger partial charge in [-0.2, -0.15) is 0 Å². The lowest BCUT2D eigenvalue weighted by atomic mass is 10.3. The maximum atomic E-state index is 11.4. The van der Waals surface area contributed by atoms with Crippen LogP contribution in [0.1, 0.15) is 23.2 Å². The van der Waals surface area contributed by atoms with E-state index in [2.05, 4.69) is 10.5 Å². The number of aliphatic hydroxyl groups is 1. The van der Waals surface area contributed by atoms with Crippen LogP contribution in [0.25, 0.3) is 0 Å². The molecule has 0 aromatic carbocycles. The van der Waals surface area contributed by atoms with E-state index in [0.29, 0.717) is 5.76 Å². The first-order valence-electron chi connectivity index (χ1n) is 4.53. The molecule has 1 amide bonds. The fraction of sp³-hybridized carbons (Fsp3) is 0.556. The number of nitrogens with one attached hydrogen (secondary N) is 1. The van der Waals surface area contributed by atoms with Crippen LogP contribution in [-0.2, 0) is 11.3 Å². The van der Waals surface area contributed by atoms with Crippen molar-refractivity contribution in [3.05, 3.63) is 17.5 Å². The van der Waals surface area contributed by atoms with Crippen LogP contribution in [0.2, 0.25) is 0 Å². The first kappa shape index (κ1) is 11.7. The average molecular weight is 214 g/mol. The number of hydrogen-bond acceptors (Lipinski definition) is 5. The van der Waals surface area contributed by atoms with Crippen molar-refractivity contribution in [3.8, 4) is 0 Å². The lowest BCUT2D eigenvalue weighted by Gasteiger charge is -2.07. The third kappa shape index (κ3) is 3.34. The van der Waals surface area contributed by atoms with Crippen molar-refractivity contribution in [1.82, 2.24) is 10.5 Å². The van der Waals surface area contributed by atoms with Crippen molar-refractivity contribution in [2.75, 3.05) is 13.7 Å². The molecule has 0 bridgehead atoms. The highest BCUT2D eigenvalue weighted by molar-refractivity contribution is 5.92. The maximum absolute atomic E-state index is 11.4. The van der Waals surface area contributed by atoms with E-state index in [1.54, 1.807) is 6.92 Å². The van der Waals surface area contributed by atoms with Crippen molar-refractivity contribution in [2.45, 2.75) is 19.6 Å². The van der Waals surface area contributed by atoms with E-state index in [4.69, 9.17) is 14.4 Å². The molecule has 1 atom stereocenters. The van der Waals surface area contributed by atoms with Gasteiger partial charge in [-0.25, -0.2) is 0 Å². The Labute approximate surface area is 87.2 Å². The van der Waals surface area contributed by atoms with E-state index in [-0.39, 0.29) is 30.9 Å². The largest absolute Gasteiger partial charge is 0.394 e. The standard InChI is InChI=1S/C9H14N2O4/c1-6(4-12)10-9(13)8-3-7(5-14-2)15-11-8/h3,6,12H,4-5H2,1-2H3,(H,10,13)/t6-/m1/s1. The Hall–Kier alpha value is -1.40. The molecule has 6 heteroatoms. The highest BCUT2D eigenvalue weighted by Gasteiger charge is 2.14. The van der Waals surface area contributed by atoms with E-state index in [1.807, 2.05) is 0 Å². The Bertz CT molecular complexity index is 324. The predicted molar refractivity (Wildman–Crippen MR) is 51.2 cm³/mol. The van der Waals surface area contributed by atoms with Crippen LogP contribution in [0.3, 0.4) is 0 Å². The first-order valence-corrected chi connectivity index (χ1v) is 4.53. The minimum Gasteiger partial charge on any atom is -0.394 e. The zero-order valence-corrected chi connectivity index (χ0v) is 8.69. The van der Waals surface area contributed by atoms with Crippen LogP contribution < -0.4 is 5.32 Å². The summed E-state index contributed by atoms with van der Waals surface area (Å²) in [5, 5.41) is 14.9. The van der Waals surface area contributed by atoms with E-state index in [0.717, 1.165) is 0 Å². The number of hydrogen-bond donors (Lipinski definition) is 2. The van der Waals surface area contributed by atoms with Crippen LogP contribution in [0, 0.1) is 0 Å². The van der Waals surface area contributed by atoms with Crippen molar-refractivity contribution in [2.24, 2.45) is 0 Å². The molecule has 1 rings (SSSR count). The topological polar surface area (TPSA) is 84.6 Å². The summed E-state index contributed by atoms with van der Waals surface area (Å²) in [6.45, 7) is 1.85. The van der Waals surface area contributed by atoms with Crippen molar-refractivity contribution >= 4 is 5.91 Å². The van der Waals surface area contributed by atoms with E-state index < -0.39 is 0 Å². The van der Waals surface area contributed by atoms with Crippen molar-refractivity contribution in [1.29, 1.82) is 0 Å². The smallest absolute Gasteiger partial charge is 0.273 e. The Balaban J connectivity index is 2.58. The summed E-state index contributed by atoms with van der Waals surface area (Å²) < 4.78 is 9.66. The van der Waals surface area contributed by atoms with Gasteiger partial charge >= 0.3 is 0 Å². The van der Waals surface area contributed by atoms with Crippen LogP contribution >= 0.6 is 0 Å². The van der Waals surface area contributed by atoms with Crippen LogP contribution in [0.4, 0.5) is 0 Å². The van der Waals surface area contributed by atoms with Crippen LogP contribution in [0.5, 0.6) is 0 Å². The Morgan fingerprint density at radius 2 is 2.53 bits per heavy atom. The number of amides is 1. The van der Waals surface area contributed by atoms with Gasteiger partial charge in [0, 0.05) is 19.2 Å². The molecule has 1 heterocycles. The van der Waals surface area contributed by atoms with Crippen LogP contribution in [0.15, 0.2) is 10.6 Å². The average Bonchev–Trinajstić information content (AvgIpc) is 2.67. The van der Waals surface area contributed by atoms with Gasteiger partial charge in [0.05, 0.1) is 6.61 Å². The maximum Gasteiger partial charge on any atom is 0.273 e. The highest BCUT2D eigenvalue weighted by Crippen LogP contribution is 2.04. The van der Waals surface area contributed by atoms with Gasteiger partial charge in [0.2, 0.25) is 0 Å². The molecule has 6 nitrogen and oxygen atoms in total. The minimum absolute atomic E-state index is 0.117. The molecule has 15 heavy (non-hydrogen) atoms. The van der Waals surface area contributed by atoms with E-state index in [1.165, 1.54) is 13.2 Å². The lowest BCUT2D eigenvalue weighted by Crippen LogP contribution is -2.35. The monoisotopic (exact) mass is 214 g/mol. The molecule has 0 radical (unpaired) electrons. The van der Waals surface area contributed by atoms with E-state index in [9.17, 15) is 4.79 Å². The Morgan fingerprint density at radius 3 is 3.13 bits per heavy atom. The number of rotatable bonds is 5. The number of ether oxygens (including phenoxy) is 1. The SMILES string of the molecule is COCc1cc(C(=O)N[C@H](C)CO)no1. The van der Waals surface area contributed by atoms with Gasteiger partial charge in [-0.3, -0.25) is 4.79 Å². The quantitative estimate of drug-likeness (QED) is 0.716. The molecule has 84 valence electrons. The molecule has 0 aliphatic rings. The fourth-order valence-electron chi connectivity index (χ4n) is 0.974. The highest BCUT2D eigenvalue weighted by atomic mass is 16.5. The zero-order chi connectivity index (χ0) is 11.3. The number of methoxy groups -OCH3 is 1. The summed E-state index contributed by atoms with van der Waals surface area (Å²) in [6, 6.07) is 1.20. The van der Waals surface area contributed by atoms with Gasteiger partial charge in [-0.05, 0) is 6.92 Å². The summed E-state index contributed by atoms with van der Waals surface area (Å²) in [4.78, 5) is 11.4. The predicted octanol–water partition coefficient (Wildman–Crippen LogP) is -0.0684. The summed E-state index contributed by atoms with van der Waals surface area (Å²) in [5.74, 6) is 0.113. The minimum atomic E-state index is -0.373. The van der Waals surface area contributed by atoms with Crippen molar-refractivity contribution < 1.29 is 19.2 Å². The summed E-state index contributed by atoms with van der Waals surface area (Å²) in [5.41, 5.74) is 0.183. The molecule has 0 unspecified atom stereocenters. The molecule has 2 N–H and O–H groups in total. The molecule has 0 spiro atoms. The molecular weight excluding hydrogens is 200 g/mol. The number of carbonyl (C=O) groups is 1. The second-order valence-electron chi connectivity index (χ2n) is 3.17. The zero-order valence-electron chi connectivity index (χ0n) is 8.69. The fourth-order valence-corrected chi connectivity index (χ4v) is 0.974.